The van der Waals surface area contributed by atoms with Gasteiger partial charge in [0.05, 0.1) is 22.3 Å². The number of ether oxygens (including phenoxy) is 6. The van der Waals surface area contributed by atoms with Crippen LogP contribution in [0.15, 0.2) is 207 Å². The van der Waals surface area contributed by atoms with Crippen molar-refractivity contribution in [2.75, 3.05) is 0 Å². The molecular weight excluding hydrogens is 1260 g/mol. The van der Waals surface area contributed by atoms with E-state index in [9.17, 15) is 0 Å². The smallest absolute Gasteiger partial charge is 0.335 e. The SMILES string of the molecule is Cc1ccc(Oc2cc3c4c(cc(Oc5ccc(C)cc5C)c5c6c(Oc7ccc(C)cc7C)cc7c8c(cc(Oc9ccc(C)cc9C)c(c2c45)c86)C(=O)N(C(Cc2ccccc2)C(=O)Oc2ccncc2)C7=O)C(=O)N(C(Cc2ccccc2)C(=O)Oc2ccncc2)C3=O)c(C)c1. The first-order chi connectivity index (χ1) is 48.3. The summed E-state index contributed by atoms with van der Waals surface area (Å²) in [6.07, 6.45) is 5.60. The van der Waals surface area contributed by atoms with Crippen molar-refractivity contribution in [3.05, 3.63) is 285 Å². The van der Waals surface area contributed by atoms with E-state index in [1.54, 1.807) is 72.8 Å². The highest BCUT2D eigenvalue weighted by molar-refractivity contribution is 6.45. The number of esters is 2. The summed E-state index contributed by atoms with van der Waals surface area (Å²) >= 11 is 0. The van der Waals surface area contributed by atoms with E-state index in [2.05, 4.69) is 9.97 Å². The molecule has 2 aliphatic heterocycles. The third-order valence-corrected chi connectivity index (χ3v) is 18.6. The highest BCUT2D eigenvalue weighted by Gasteiger charge is 2.47. The maximum absolute atomic E-state index is 16.5. The van der Waals surface area contributed by atoms with Crippen LogP contribution in [0, 0.1) is 55.4 Å². The molecule has 2 atom stereocenters. The molecule has 2 unspecified atom stereocenters. The van der Waals surface area contributed by atoms with Crippen molar-refractivity contribution in [3.63, 3.8) is 0 Å². The Morgan fingerprint density at radius 1 is 0.320 bits per heavy atom. The topological polar surface area (TPSA) is 190 Å². The maximum atomic E-state index is 16.5. The molecule has 2 aliphatic rings. The summed E-state index contributed by atoms with van der Waals surface area (Å²) < 4.78 is 41.6. The third kappa shape index (κ3) is 11.4. The molecule has 0 N–H and O–H groups in total. The van der Waals surface area contributed by atoms with E-state index < -0.39 is 47.7 Å². The Morgan fingerprint density at radius 3 is 0.850 bits per heavy atom. The predicted molar refractivity (Wildman–Crippen MR) is 380 cm³/mol. The fourth-order valence-electron chi connectivity index (χ4n) is 14.0. The molecule has 0 spiro atoms. The number of imide groups is 2. The number of hydrogen-bond donors (Lipinski definition) is 0. The molecule has 16 nitrogen and oxygen atoms in total. The molecule has 0 bridgehead atoms. The lowest BCUT2D eigenvalue weighted by molar-refractivity contribution is -0.139. The van der Waals surface area contributed by atoms with Gasteiger partial charge in [0.15, 0.2) is 0 Å². The molecule has 100 heavy (non-hydrogen) atoms. The van der Waals surface area contributed by atoms with Crippen LogP contribution in [0.2, 0.25) is 0 Å². The van der Waals surface area contributed by atoms with Crippen LogP contribution in [0.3, 0.4) is 0 Å². The molecule has 0 fully saturated rings. The summed E-state index contributed by atoms with van der Waals surface area (Å²) in [6.45, 7) is 15.5. The summed E-state index contributed by atoms with van der Waals surface area (Å²) in [5.74, 6) is -2.95. The van der Waals surface area contributed by atoms with Crippen LogP contribution in [0.1, 0.15) is 97.1 Å². The second kappa shape index (κ2) is 25.5. The number of rotatable bonds is 18. The first-order valence-corrected chi connectivity index (χ1v) is 32.8. The molecular formula is C84H64N4O12. The summed E-state index contributed by atoms with van der Waals surface area (Å²) in [4.78, 5) is 106. The number of hydrogen-bond acceptors (Lipinski definition) is 14. The van der Waals surface area contributed by atoms with E-state index in [-0.39, 0.29) is 113 Å². The van der Waals surface area contributed by atoms with Crippen LogP contribution in [-0.4, -0.2) is 67.4 Å². The number of amides is 4. The standard InChI is InChI=1S/C84H64N4O12/c1-45-19-23-63(49(5)35-45)97-67-41-57-71-58(80(90)87(79(57)89)61(39-53-15-11-9-12-16-53)83(93)95-55-27-31-85-32-28-55)43-69(99-65-25-21-47(3)37-51(65)7)75-76-70(100-66-26-22-48(4)38-52(66)8)44-60-72-59(42-68(74(78(72)76)73(67)77(71)75)98-64-24-20-46(2)36-50(64)6)81(91)88(82(60)92)62(40-54-17-13-10-14-18-54)84(94)96-56-29-33-86-34-30-56/h9-38,41-44,61-62H,39-40H2,1-8H3. The number of aromatic nitrogens is 2. The molecule has 13 aromatic rings. The van der Waals surface area contributed by atoms with E-state index in [0.29, 0.717) is 34.1 Å². The van der Waals surface area contributed by atoms with Gasteiger partial charge in [-0.1, -0.05) is 131 Å². The van der Waals surface area contributed by atoms with Crippen LogP contribution in [0.25, 0.3) is 43.1 Å². The number of aryl methyl sites for hydroxylation is 8. The third-order valence-electron chi connectivity index (χ3n) is 18.6. The minimum absolute atomic E-state index is 0.0194. The minimum Gasteiger partial charge on any atom is -0.456 e. The van der Waals surface area contributed by atoms with Gasteiger partial charge in [0, 0.05) is 80.7 Å². The zero-order chi connectivity index (χ0) is 69.4. The summed E-state index contributed by atoms with van der Waals surface area (Å²) in [7, 11) is 0. The van der Waals surface area contributed by atoms with Crippen LogP contribution in [0.5, 0.6) is 57.5 Å². The molecule has 0 aliphatic carbocycles. The van der Waals surface area contributed by atoms with Gasteiger partial charge < -0.3 is 28.4 Å². The summed E-state index contributed by atoms with van der Waals surface area (Å²) in [6, 6.07) is 50.2. The van der Waals surface area contributed by atoms with Gasteiger partial charge in [0.2, 0.25) is 0 Å². The molecule has 15 rings (SSSR count). The molecule has 4 amide bonds. The molecule has 16 heteroatoms. The molecule has 0 radical (unpaired) electrons. The largest absolute Gasteiger partial charge is 0.456 e. The van der Waals surface area contributed by atoms with Gasteiger partial charge in [0.1, 0.15) is 69.6 Å². The highest BCUT2D eigenvalue weighted by Crippen LogP contribution is 2.58. The van der Waals surface area contributed by atoms with Crippen molar-refractivity contribution >= 4 is 78.7 Å². The molecule has 11 aromatic carbocycles. The van der Waals surface area contributed by atoms with Crippen molar-refractivity contribution in [2.24, 2.45) is 0 Å². The fraction of sp³-hybridized carbons (Fsp3) is 0.143. The quantitative estimate of drug-likeness (QED) is 0.0341. The van der Waals surface area contributed by atoms with Crippen molar-refractivity contribution < 1.29 is 57.2 Å². The normalized spacial score (nSPS) is 13.3. The van der Waals surface area contributed by atoms with E-state index >= 15 is 28.8 Å². The Kier molecular flexibility index (Phi) is 16.2. The van der Waals surface area contributed by atoms with Crippen LogP contribution in [0.4, 0.5) is 0 Å². The number of carbonyl (C=O) groups excluding carboxylic acids is 6. The molecule has 492 valence electrons. The second-order valence-corrected chi connectivity index (χ2v) is 25.8. The zero-order valence-corrected chi connectivity index (χ0v) is 55.9. The van der Waals surface area contributed by atoms with Gasteiger partial charge in [-0.2, -0.15) is 0 Å². The lowest BCUT2D eigenvalue weighted by Crippen LogP contribution is -2.52. The number of pyridine rings is 2. The molecule has 0 saturated heterocycles. The monoisotopic (exact) mass is 1320 g/mol. The predicted octanol–water partition coefficient (Wildman–Crippen LogP) is 17.8. The van der Waals surface area contributed by atoms with E-state index in [1.165, 1.54) is 49.1 Å². The number of carbonyl (C=O) groups is 6. The minimum atomic E-state index is -1.55. The lowest BCUT2D eigenvalue weighted by Gasteiger charge is -2.35. The Morgan fingerprint density at radius 2 is 0.590 bits per heavy atom. The van der Waals surface area contributed by atoms with Crippen molar-refractivity contribution in [1.29, 1.82) is 0 Å². The van der Waals surface area contributed by atoms with E-state index in [0.717, 1.165) is 54.3 Å². The average Bonchev–Trinajstić information content (AvgIpc) is 0.671. The van der Waals surface area contributed by atoms with Crippen molar-refractivity contribution in [3.8, 4) is 57.5 Å². The first kappa shape index (κ1) is 63.5. The Bertz CT molecular complexity index is 4990. The van der Waals surface area contributed by atoms with Crippen molar-refractivity contribution in [1.82, 2.24) is 19.8 Å². The highest BCUT2D eigenvalue weighted by atomic mass is 16.5. The molecule has 4 heterocycles. The average molecular weight is 1320 g/mol. The van der Waals surface area contributed by atoms with Gasteiger partial charge >= 0.3 is 11.9 Å². The van der Waals surface area contributed by atoms with Crippen molar-refractivity contribution in [2.45, 2.75) is 80.3 Å². The maximum Gasteiger partial charge on any atom is 0.335 e. The summed E-state index contributed by atoms with van der Waals surface area (Å²) in [5, 5.41) is 2.03. The number of nitrogens with zero attached hydrogens (tertiary/aromatic N) is 4. The lowest BCUT2D eigenvalue weighted by atomic mass is 9.80. The Hall–Kier alpha value is -12.6. The number of benzene rings is 11. The van der Waals surface area contributed by atoms with E-state index in [4.69, 9.17) is 28.4 Å². The zero-order valence-electron chi connectivity index (χ0n) is 55.9. The van der Waals surface area contributed by atoms with Gasteiger partial charge in [-0.3, -0.25) is 38.9 Å². The Labute approximate surface area is 575 Å². The second-order valence-electron chi connectivity index (χ2n) is 25.8. The molecule has 2 aromatic heterocycles. The first-order valence-electron chi connectivity index (χ1n) is 32.8. The number of fused-ring (bicyclic) bond motifs is 2. The molecule has 0 saturated carbocycles. The Balaban J connectivity index is 1.11. The van der Waals surface area contributed by atoms with Crippen LogP contribution < -0.4 is 28.4 Å². The summed E-state index contributed by atoms with van der Waals surface area (Å²) in [5.41, 5.74) is 7.89. The van der Waals surface area contributed by atoms with Crippen LogP contribution >= 0.6 is 0 Å². The van der Waals surface area contributed by atoms with Gasteiger partial charge in [-0.25, -0.2) is 9.59 Å². The van der Waals surface area contributed by atoms with Gasteiger partial charge in [-0.05, 0) is 162 Å². The fourth-order valence-corrected chi connectivity index (χ4v) is 14.0. The van der Waals surface area contributed by atoms with E-state index in [1.807, 2.05) is 140 Å². The van der Waals surface area contributed by atoms with Gasteiger partial charge in [0.25, 0.3) is 23.6 Å². The van der Waals surface area contributed by atoms with Crippen LogP contribution in [-0.2, 0) is 22.4 Å². The van der Waals surface area contributed by atoms with Gasteiger partial charge in [-0.15, -0.1) is 0 Å².